The highest BCUT2D eigenvalue weighted by Gasteiger charge is 2.54. The molecule has 0 radical (unpaired) electrons. The van der Waals surface area contributed by atoms with Crippen LogP contribution >= 0.6 is 0 Å². The first-order valence-electron chi connectivity index (χ1n) is 8.69. The quantitative estimate of drug-likeness (QED) is 0.812. The number of ether oxygens (including phenoxy) is 2. The summed E-state index contributed by atoms with van der Waals surface area (Å²) in [5.74, 6) is 1.33. The minimum atomic E-state index is -0.136. The fourth-order valence-electron chi connectivity index (χ4n) is 3.77. The molecule has 6 heteroatoms. The summed E-state index contributed by atoms with van der Waals surface area (Å²) in [7, 11) is 0. The minimum absolute atomic E-state index is 0.00797. The second kappa shape index (κ2) is 5.91. The van der Waals surface area contributed by atoms with Gasteiger partial charge in [0.05, 0.1) is 19.4 Å². The van der Waals surface area contributed by atoms with Crippen molar-refractivity contribution in [1.82, 2.24) is 14.9 Å². The third-order valence-corrected chi connectivity index (χ3v) is 5.50. The van der Waals surface area contributed by atoms with Crippen LogP contribution in [0.15, 0.2) is 6.33 Å². The highest BCUT2D eigenvalue weighted by Crippen LogP contribution is 2.42. The molecule has 2 saturated heterocycles. The van der Waals surface area contributed by atoms with E-state index < -0.39 is 0 Å². The molecule has 6 nitrogen and oxygen atoms in total. The number of amides is 1. The Balaban J connectivity index is 1.29. The summed E-state index contributed by atoms with van der Waals surface area (Å²) in [6.45, 7) is 5.79. The predicted molar refractivity (Wildman–Crippen MR) is 84.2 cm³/mol. The number of hydrogen-bond acceptors (Lipinski definition) is 4. The summed E-state index contributed by atoms with van der Waals surface area (Å²) in [6, 6.07) is 0. The predicted octanol–water partition coefficient (Wildman–Crippen LogP) is 1.77. The molecule has 2 aliphatic heterocycles. The fraction of sp³-hybridized carbons (Fsp3) is 0.765. The minimum Gasteiger partial charge on any atom is -0.381 e. The summed E-state index contributed by atoms with van der Waals surface area (Å²) in [5, 5.41) is 0. The maximum atomic E-state index is 12.5. The first-order valence-corrected chi connectivity index (χ1v) is 8.69. The van der Waals surface area contributed by atoms with E-state index in [1.54, 1.807) is 6.33 Å². The lowest BCUT2D eigenvalue weighted by molar-refractivity contribution is -0.120. The normalized spacial score (nSPS) is 25.8. The number of aromatic amines is 1. The number of aromatic nitrogens is 2. The number of hydrogen-bond donors (Lipinski definition) is 1. The van der Waals surface area contributed by atoms with Crippen molar-refractivity contribution in [3.63, 3.8) is 0 Å². The van der Waals surface area contributed by atoms with Crippen molar-refractivity contribution in [2.45, 2.75) is 38.2 Å². The van der Waals surface area contributed by atoms with Gasteiger partial charge in [-0.05, 0) is 44.4 Å². The second-order valence-electron chi connectivity index (χ2n) is 7.24. The fourth-order valence-corrected chi connectivity index (χ4v) is 3.77. The Morgan fingerprint density at radius 2 is 2.30 bits per heavy atom. The molecule has 1 aliphatic carbocycles. The number of carbonyl (C=O) groups excluding carboxylic acids is 1. The van der Waals surface area contributed by atoms with Gasteiger partial charge in [-0.3, -0.25) is 4.79 Å². The largest absolute Gasteiger partial charge is 0.381 e. The van der Waals surface area contributed by atoms with E-state index in [1.165, 1.54) is 12.8 Å². The maximum Gasteiger partial charge on any atom is 0.274 e. The van der Waals surface area contributed by atoms with Gasteiger partial charge in [0.25, 0.3) is 5.91 Å². The number of H-pyrrole nitrogens is 1. The van der Waals surface area contributed by atoms with Gasteiger partial charge >= 0.3 is 0 Å². The van der Waals surface area contributed by atoms with E-state index in [0.29, 0.717) is 24.7 Å². The van der Waals surface area contributed by atoms with Gasteiger partial charge < -0.3 is 19.4 Å². The highest BCUT2D eigenvalue weighted by atomic mass is 16.5. The van der Waals surface area contributed by atoms with Crippen molar-refractivity contribution in [1.29, 1.82) is 0 Å². The smallest absolute Gasteiger partial charge is 0.274 e. The second-order valence-corrected chi connectivity index (χ2v) is 7.24. The van der Waals surface area contributed by atoms with E-state index in [4.69, 9.17) is 9.47 Å². The number of carbonyl (C=O) groups is 1. The molecular weight excluding hydrogens is 294 g/mol. The van der Waals surface area contributed by atoms with Gasteiger partial charge in [-0.25, -0.2) is 4.98 Å². The van der Waals surface area contributed by atoms with Gasteiger partial charge in [0.2, 0.25) is 0 Å². The molecular formula is C17H25N3O3. The van der Waals surface area contributed by atoms with Crippen LogP contribution in [0.3, 0.4) is 0 Å². The van der Waals surface area contributed by atoms with Crippen molar-refractivity contribution >= 4 is 5.91 Å². The van der Waals surface area contributed by atoms with E-state index >= 15 is 0 Å². The molecule has 3 heterocycles. The zero-order chi connectivity index (χ0) is 15.9. The summed E-state index contributed by atoms with van der Waals surface area (Å²) in [5.41, 5.74) is 1.22. The molecule has 3 fully saturated rings. The van der Waals surface area contributed by atoms with E-state index in [-0.39, 0.29) is 11.5 Å². The summed E-state index contributed by atoms with van der Waals surface area (Å²) >= 11 is 0. The molecule has 0 unspecified atom stereocenters. The molecule has 1 atom stereocenters. The molecule has 3 aliphatic rings. The molecule has 23 heavy (non-hydrogen) atoms. The third kappa shape index (κ3) is 2.90. The van der Waals surface area contributed by atoms with Crippen LogP contribution in [-0.2, 0) is 9.47 Å². The number of rotatable bonds is 6. The Morgan fingerprint density at radius 3 is 3.00 bits per heavy atom. The van der Waals surface area contributed by atoms with E-state index in [9.17, 15) is 4.79 Å². The first-order chi connectivity index (χ1) is 11.2. The molecule has 1 spiro atoms. The van der Waals surface area contributed by atoms with Gasteiger partial charge in [0.1, 0.15) is 11.3 Å². The molecule has 126 valence electrons. The van der Waals surface area contributed by atoms with Crippen LogP contribution in [-0.4, -0.2) is 59.3 Å². The van der Waals surface area contributed by atoms with Gasteiger partial charge in [0, 0.05) is 25.5 Å². The van der Waals surface area contributed by atoms with Crippen molar-refractivity contribution in [2.75, 3.05) is 32.9 Å². The Kier molecular flexibility index (Phi) is 3.89. The number of nitrogens with one attached hydrogen (secondary N) is 1. The molecule has 1 saturated carbocycles. The monoisotopic (exact) mass is 319 g/mol. The van der Waals surface area contributed by atoms with Gasteiger partial charge in [0.15, 0.2) is 0 Å². The molecule has 1 aromatic heterocycles. The molecule has 0 bridgehead atoms. The van der Waals surface area contributed by atoms with Crippen LogP contribution in [0.5, 0.6) is 0 Å². The number of imidazole rings is 1. The highest BCUT2D eigenvalue weighted by molar-refractivity contribution is 5.94. The van der Waals surface area contributed by atoms with E-state index in [0.717, 1.165) is 44.3 Å². The van der Waals surface area contributed by atoms with Crippen LogP contribution < -0.4 is 0 Å². The first kappa shape index (κ1) is 15.1. The topological polar surface area (TPSA) is 67.5 Å². The van der Waals surface area contributed by atoms with Crippen LogP contribution in [0.25, 0.3) is 0 Å². The Bertz CT molecular complexity index is 575. The van der Waals surface area contributed by atoms with Crippen LogP contribution in [0.4, 0.5) is 0 Å². The van der Waals surface area contributed by atoms with Crippen LogP contribution in [0, 0.1) is 18.8 Å². The van der Waals surface area contributed by atoms with Crippen molar-refractivity contribution in [3.05, 3.63) is 17.7 Å². The van der Waals surface area contributed by atoms with E-state index in [1.807, 2.05) is 11.8 Å². The average Bonchev–Trinajstić information content (AvgIpc) is 3.07. The molecule has 1 N–H and O–H groups in total. The zero-order valence-corrected chi connectivity index (χ0v) is 13.7. The van der Waals surface area contributed by atoms with Crippen LogP contribution in [0.1, 0.15) is 41.9 Å². The lowest BCUT2D eigenvalue weighted by atomic mass is 9.79. The Hall–Kier alpha value is -1.40. The Labute approximate surface area is 136 Å². The lowest BCUT2D eigenvalue weighted by Crippen LogP contribution is -2.66. The molecule has 0 aromatic carbocycles. The SMILES string of the molecule is Cc1[nH]cnc1C(=O)N1CC2(C1)OCC[C@H]2CCOCC1CC1. The standard InChI is InChI=1S/C17H25N3O3/c1-12-15(19-11-18-12)16(21)20-9-17(10-20)14(5-7-23-17)4-6-22-8-13-2-3-13/h11,13-14H,2-10H2,1H3,(H,18,19)/t14-/m1/s1. The summed E-state index contributed by atoms with van der Waals surface area (Å²) < 4.78 is 11.8. The molecule has 1 amide bonds. The Morgan fingerprint density at radius 1 is 1.48 bits per heavy atom. The number of likely N-dealkylation sites (tertiary alicyclic amines) is 1. The van der Waals surface area contributed by atoms with Crippen molar-refractivity contribution in [2.24, 2.45) is 11.8 Å². The van der Waals surface area contributed by atoms with Gasteiger partial charge in [-0.15, -0.1) is 0 Å². The van der Waals surface area contributed by atoms with E-state index in [2.05, 4.69) is 9.97 Å². The third-order valence-electron chi connectivity index (χ3n) is 5.50. The maximum absolute atomic E-state index is 12.5. The summed E-state index contributed by atoms with van der Waals surface area (Å²) in [6.07, 6.45) is 6.36. The van der Waals surface area contributed by atoms with Crippen LogP contribution in [0.2, 0.25) is 0 Å². The van der Waals surface area contributed by atoms with Crippen molar-refractivity contribution < 1.29 is 14.3 Å². The molecule has 4 rings (SSSR count). The van der Waals surface area contributed by atoms with Gasteiger partial charge in [-0.1, -0.05) is 0 Å². The zero-order valence-electron chi connectivity index (χ0n) is 13.7. The molecule has 1 aromatic rings. The number of aryl methyl sites for hydroxylation is 1. The number of nitrogens with zero attached hydrogens (tertiary/aromatic N) is 2. The van der Waals surface area contributed by atoms with Gasteiger partial charge in [-0.2, -0.15) is 0 Å². The summed E-state index contributed by atoms with van der Waals surface area (Å²) in [4.78, 5) is 21.4. The lowest BCUT2D eigenvalue weighted by Gasteiger charge is -2.50. The van der Waals surface area contributed by atoms with Crippen molar-refractivity contribution in [3.8, 4) is 0 Å². The average molecular weight is 319 g/mol.